The van der Waals surface area contributed by atoms with Gasteiger partial charge in [0.1, 0.15) is 5.75 Å². The normalized spacial score (nSPS) is 21.4. The van der Waals surface area contributed by atoms with Gasteiger partial charge in [0.2, 0.25) is 0 Å². The molecular formula is C21H24O3. The highest BCUT2D eigenvalue weighted by atomic mass is 16.5. The Balaban J connectivity index is 0.000000815. The van der Waals surface area contributed by atoms with Gasteiger partial charge in [0.15, 0.2) is 5.78 Å². The van der Waals surface area contributed by atoms with Crippen LogP contribution in [0.4, 0.5) is 0 Å². The van der Waals surface area contributed by atoms with Gasteiger partial charge < -0.3 is 9.84 Å². The molecule has 1 unspecified atom stereocenters. The molecule has 0 saturated heterocycles. The molecule has 2 aliphatic rings. The first-order chi connectivity index (χ1) is 11.7. The van der Waals surface area contributed by atoms with Crippen LogP contribution >= 0.6 is 0 Å². The minimum Gasteiger partial charge on any atom is -0.497 e. The molecule has 0 aromatic heterocycles. The van der Waals surface area contributed by atoms with Gasteiger partial charge in [0.05, 0.1) is 7.11 Å². The molecule has 0 bridgehead atoms. The van der Waals surface area contributed by atoms with Crippen LogP contribution in [0.3, 0.4) is 0 Å². The number of fused-ring (bicyclic) bond motifs is 2. The van der Waals surface area contributed by atoms with Crippen molar-refractivity contribution in [3.63, 3.8) is 0 Å². The van der Waals surface area contributed by atoms with E-state index in [1.54, 1.807) is 7.11 Å². The molecule has 1 atom stereocenters. The molecule has 0 amide bonds. The number of aliphatic hydroxyl groups excluding tert-OH is 1. The molecule has 2 aliphatic carbocycles. The number of rotatable bonds is 1. The lowest BCUT2D eigenvalue weighted by Crippen LogP contribution is -2.40. The number of aryl methyl sites for hydroxylation is 2. The van der Waals surface area contributed by atoms with Crippen molar-refractivity contribution in [2.45, 2.75) is 32.1 Å². The molecule has 3 nitrogen and oxygen atoms in total. The Kier molecular flexibility index (Phi) is 4.72. The molecule has 4 rings (SSSR count). The van der Waals surface area contributed by atoms with Gasteiger partial charge >= 0.3 is 0 Å². The Hall–Kier alpha value is -2.13. The summed E-state index contributed by atoms with van der Waals surface area (Å²) in [6.45, 7) is 0. The highest BCUT2D eigenvalue weighted by molar-refractivity contribution is 6.03. The SMILES string of the molecule is CO.COc1ccc2c(c1)CCC1(CCc3ccccc3C1)C2=O. The standard InChI is InChI=1S/C20H20O2.CH4O/c1-22-17-6-7-18-15(12-17)9-11-20(19(18)21)10-8-14-4-2-3-5-16(14)13-20;1-2/h2-7,12H,8-11,13H2,1H3;2H,1H3. The Morgan fingerprint density at radius 3 is 2.33 bits per heavy atom. The number of hydrogen-bond acceptors (Lipinski definition) is 3. The van der Waals surface area contributed by atoms with Gasteiger partial charge in [-0.1, -0.05) is 24.3 Å². The molecule has 0 fully saturated rings. The summed E-state index contributed by atoms with van der Waals surface area (Å²) < 4.78 is 5.29. The first-order valence-electron chi connectivity index (χ1n) is 8.45. The van der Waals surface area contributed by atoms with E-state index in [0.717, 1.165) is 56.1 Å². The first kappa shape index (κ1) is 16.7. The number of carbonyl (C=O) groups is 1. The van der Waals surface area contributed by atoms with Gasteiger partial charge in [-0.3, -0.25) is 4.79 Å². The van der Waals surface area contributed by atoms with Crippen LogP contribution in [0.2, 0.25) is 0 Å². The summed E-state index contributed by atoms with van der Waals surface area (Å²) in [5.74, 6) is 1.18. The minimum absolute atomic E-state index is 0.185. The summed E-state index contributed by atoms with van der Waals surface area (Å²) in [6.07, 6.45) is 4.83. The molecule has 126 valence electrons. The lowest BCUT2D eigenvalue weighted by Gasteiger charge is -2.40. The van der Waals surface area contributed by atoms with Crippen molar-refractivity contribution in [3.8, 4) is 5.75 Å². The van der Waals surface area contributed by atoms with Gasteiger partial charge in [0, 0.05) is 18.1 Å². The lowest BCUT2D eigenvalue weighted by atomic mass is 9.62. The van der Waals surface area contributed by atoms with Crippen molar-refractivity contribution in [1.82, 2.24) is 0 Å². The van der Waals surface area contributed by atoms with Crippen LogP contribution in [0, 0.1) is 5.41 Å². The second-order valence-electron chi connectivity index (χ2n) is 6.58. The van der Waals surface area contributed by atoms with Crippen molar-refractivity contribution < 1.29 is 14.6 Å². The molecule has 24 heavy (non-hydrogen) atoms. The van der Waals surface area contributed by atoms with E-state index in [0.29, 0.717) is 5.78 Å². The van der Waals surface area contributed by atoms with Gasteiger partial charge in [-0.25, -0.2) is 0 Å². The lowest BCUT2D eigenvalue weighted by molar-refractivity contribution is 0.0725. The van der Waals surface area contributed by atoms with Crippen LogP contribution in [-0.2, 0) is 19.3 Å². The molecule has 0 heterocycles. The van der Waals surface area contributed by atoms with Gasteiger partial charge in [-0.2, -0.15) is 0 Å². The van der Waals surface area contributed by atoms with E-state index in [-0.39, 0.29) is 5.41 Å². The van der Waals surface area contributed by atoms with Crippen molar-refractivity contribution in [3.05, 3.63) is 64.7 Å². The summed E-state index contributed by atoms with van der Waals surface area (Å²) in [4.78, 5) is 13.2. The maximum atomic E-state index is 13.2. The van der Waals surface area contributed by atoms with E-state index in [9.17, 15) is 4.79 Å². The monoisotopic (exact) mass is 324 g/mol. The fourth-order valence-electron chi connectivity index (χ4n) is 4.11. The summed E-state index contributed by atoms with van der Waals surface area (Å²) in [7, 11) is 2.67. The molecule has 2 aromatic rings. The molecule has 2 aromatic carbocycles. The third kappa shape index (κ3) is 2.73. The fourth-order valence-corrected chi connectivity index (χ4v) is 4.11. The van der Waals surface area contributed by atoms with Crippen LogP contribution in [0.5, 0.6) is 5.75 Å². The maximum Gasteiger partial charge on any atom is 0.169 e. The van der Waals surface area contributed by atoms with Crippen molar-refractivity contribution in [1.29, 1.82) is 0 Å². The number of benzene rings is 2. The quantitative estimate of drug-likeness (QED) is 0.872. The average Bonchev–Trinajstić information content (AvgIpc) is 2.66. The van der Waals surface area contributed by atoms with Crippen LogP contribution < -0.4 is 4.74 Å². The number of ether oxygens (including phenoxy) is 1. The number of aliphatic hydroxyl groups is 1. The summed E-state index contributed by atoms with van der Waals surface area (Å²) >= 11 is 0. The summed E-state index contributed by atoms with van der Waals surface area (Å²) in [5.41, 5.74) is 4.65. The third-order valence-electron chi connectivity index (χ3n) is 5.43. The van der Waals surface area contributed by atoms with E-state index in [1.807, 2.05) is 18.2 Å². The molecule has 0 saturated carbocycles. The van der Waals surface area contributed by atoms with Gasteiger partial charge in [0.25, 0.3) is 0 Å². The molecule has 3 heteroatoms. The summed E-state index contributed by atoms with van der Waals surface area (Å²) in [5, 5.41) is 7.00. The topological polar surface area (TPSA) is 46.5 Å². The van der Waals surface area contributed by atoms with Crippen molar-refractivity contribution in [2.24, 2.45) is 5.41 Å². The zero-order chi connectivity index (χ0) is 17.2. The largest absolute Gasteiger partial charge is 0.497 e. The number of Topliss-reactive ketones (excluding diaryl/α,β-unsaturated/α-hetero) is 1. The summed E-state index contributed by atoms with van der Waals surface area (Å²) in [6, 6.07) is 14.5. The Morgan fingerprint density at radius 1 is 0.958 bits per heavy atom. The second-order valence-corrected chi connectivity index (χ2v) is 6.58. The van der Waals surface area contributed by atoms with Crippen LogP contribution in [0.1, 0.15) is 39.9 Å². The number of hydrogen-bond donors (Lipinski definition) is 1. The number of methoxy groups -OCH3 is 1. The first-order valence-corrected chi connectivity index (χ1v) is 8.45. The predicted octanol–water partition coefficient (Wildman–Crippen LogP) is 3.61. The molecule has 1 spiro atoms. The smallest absolute Gasteiger partial charge is 0.169 e. The Bertz CT molecular complexity index is 750. The Morgan fingerprint density at radius 2 is 1.62 bits per heavy atom. The maximum absolute atomic E-state index is 13.2. The molecule has 0 aliphatic heterocycles. The van der Waals surface area contributed by atoms with Gasteiger partial charge in [-0.15, -0.1) is 0 Å². The van der Waals surface area contributed by atoms with Crippen molar-refractivity contribution in [2.75, 3.05) is 14.2 Å². The van der Waals surface area contributed by atoms with Crippen molar-refractivity contribution >= 4 is 5.78 Å². The van der Waals surface area contributed by atoms with E-state index >= 15 is 0 Å². The van der Waals surface area contributed by atoms with E-state index in [2.05, 4.69) is 24.3 Å². The molecule has 1 N–H and O–H groups in total. The average molecular weight is 324 g/mol. The zero-order valence-corrected chi connectivity index (χ0v) is 14.3. The Labute approximate surface area is 143 Å². The van der Waals surface area contributed by atoms with Crippen LogP contribution in [0.25, 0.3) is 0 Å². The van der Waals surface area contributed by atoms with E-state index in [4.69, 9.17) is 9.84 Å². The number of ketones is 1. The molecular weight excluding hydrogens is 300 g/mol. The van der Waals surface area contributed by atoms with Crippen LogP contribution in [-0.4, -0.2) is 25.1 Å². The van der Waals surface area contributed by atoms with Crippen LogP contribution in [0.15, 0.2) is 42.5 Å². The van der Waals surface area contributed by atoms with E-state index in [1.165, 1.54) is 11.1 Å². The highest BCUT2D eigenvalue weighted by Crippen LogP contribution is 2.45. The minimum atomic E-state index is -0.185. The molecule has 0 radical (unpaired) electrons. The highest BCUT2D eigenvalue weighted by Gasteiger charge is 2.44. The predicted molar refractivity (Wildman–Crippen MR) is 94.7 cm³/mol. The fraction of sp³-hybridized carbons (Fsp3) is 0.381. The second kappa shape index (κ2) is 6.78. The van der Waals surface area contributed by atoms with Gasteiger partial charge in [-0.05, 0) is 67.0 Å². The zero-order valence-electron chi connectivity index (χ0n) is 14.3. The number of carbonyl (C=O) groups excluding carboxylic acids is 1. The van der Waals surface area contributed by atoms with E-state index < -0.39 is 0 Å². The third-order valence-corrected chi connectivity index (χ3v) is 5.43.